The van der Waals surface area contributed by atoms with E-state index < -0.39 is 0 Å². The van der Waals surface area contributed by atoms with Crippen molar-refractivity contribution in [3.63, 3.8) is 0 Å². The van der Waals surface area contributed by atoms with Crippen LogP contribution in [0.15, 0.2) is 41.6 Å². The molecular formula is C13H15N3S. The van der Waals surface area contributed by atoms with Crippen LogP contribution in [0.1, 0.15) is 12.5 Å². The predicted octanol–water partition coefficient (Wildman–Crippen LogP) is 2.71. The van der Waals surface area contributed by atoms with Gasteiger partial charge in [-0.05, 0) is 17.9 Å². The van der Waals surface area contributed by atoms with Crippen LogP contribution in [0.25, 0.3) is 11.4 Å². The van der Waals surface area contributed by atoms with Gasteiger partial charge >= 0.3 is 0 Å². The number of nitrogens with two attached hydrogens (primary N) is 1. The molecule has 0 aliphatic rings. The van der Waals surface area contributed by atoms with Crippen LogP contribution in [-0.4, -0.2) is 15.7 Å². The van der Waals surface area contributed by atoms with E-state index >= 15 is 0 Å². The maximum atomic E-state index is 5.51. The Hall–Kier alpha value is -1.39. The van der Waals surface area contributed by atoms with Gasteiger partial charge in [-0.15, -0.1) is 11.8 Å². The molecule has 0 aliphatic carbocycles. The normalized spacial score (nSPS) is 10.5. The molecule has 1 heterocycles. The van der Waals surface area contributed by atoms with Crippen molar-refractivity contribution in [2.75, 3.05) is 5.75 Å². The number of rotatable bonds is 4. The molecule has 88 valence electrons. The third-order valence-electron chi connectivity index (χ3n) is 2.36. The monoisotopic (exact) mass is 245 g/mol. The Labute approximate surface area is 105 Å². The molecule has 0 aliphatic heterocycles. The van der Waals surface area contributed by atoms with Gasteiger partial charge < -0.3 is 5.73 Å². The third kappa shape index (κ3) is 3.05. The summed E-state index contributed by atoms with van der Waals surface area (Å²) in [5, 5.41) is 0. The van der Waals surface area contributed by atoms with Gasteiger partial charge in [0.1, 0.15) is 0 Å². The quantitative estimate of drug-likeness (QED) is 0.841. The molecule has 0 spiro atoms. The molecule has 0 amide bonds. The first-order valence-electron chi connectivity index (χ1n) is 5.57. The van der Waals surface area contributed by atoms with Gasteiger partial charge in [-0.3, -0.25) is 0 Å². The topological polar surface area (TPSA) is 51.8 Å². The summed E-state index contributed by atoms with van der Waals surface area (Å²) in [5.41, 5.74) is 7.50. The van der Waals surface area contributed by atoms with Gasteiger partial charge in [0.15, 0.2) is 5.82 Å². The number of aromatic nitrogens is 2. The summed E-state index contributed by atoms with van der Waals surface area (Å²) in [6.07, 6.45) is 3.55. The summed E-state index contributed by atoms with van der Waals surface area (Å²) < 4.78 is 0. The van der Waals surface area contributed by atoms with Crippen LogP contribution in [0, 0.1) is 0 Å². The van der Waals surface area contributed by atoms with Gasteiger partial charge in [0.25, 0.3) is 0 Å². The summed E-state index contributed by atoms with van der Waals surface area (Å²) in [5.74, 6) is 1.83. The first kappa shape index (κ1) is 12.1. The van der Waals surface area contributed by atoms with Gasteiger partial charge in [-0.2, -0.15) is 0 Å². The Morgan fingerprint density at radius 1 is 1.12 bits per heavy atom. The lowest BCUT2D eigenvalue weighted by atomic mass is 10.2. The molecule has 2 aromatic rings. The zero-order valence-electron chi connectivity index (χ0n) is 9.76. The van der Waals surface area contributed by atoms with E-state index in [4.69, 9.17) is 5.73 Å². The predicted molar refractivity (Wildman–Crippen MR) is 71.8 cm³/mol. The van der Waals surface area contributed by atoms with E-state index in [0.29, 0.717) is 6.54 Å². The van der Waals surface area contributed by atoms with Crippen molar-refractivity contribution in [3.8, 4) is 11.4 Å². The van der Waals surface area contributed by atoms with Crippen LogP contribution in [0.2, 0.25) is 0 Å². The highest BCUT2D eigenvalue weighted by Crippen LogP contribution is 2.21. The number of hydrogen-bond acceptors (Lipinski definition) is 4. The Balaban J connectivity index is 2.20. The molecule has 4 heteroatoms. The van der Waals surface area contributed by atoms with E-state index in [-0.39, 0.29) is 0 Å². The first-order valence-corrected chi connectivity index (χ1v) is 6.56. The van der Waals surface area contributed by atoms with Gasteiger partial charge in [-0.25, -0.2) is 9.97 Å². The van der Waals surface area contributed by atoms with Crippen LogP contribution in [0.4, 0.5) is 0 Å². The molecule has 2 N–H and O–H groups in total. The minimum absolute atomic E-state index is 0.479. The number of nitrogens with zero attached hydrogens (tertiary/aromatic N) is 2. The molecule has 0 radical (unpaired) electrons. The maximum Gasteiger partial charge on any atom is 0.159 e. The molecule has 0 atom stereocenters. The first-order chi connectivity index (χ1) is 8.33. The van der Waals surface area contributed by atoms with Crippen LogP contribution in [0.5, 0.6) is 0 Å². The van der Waals surface area contributed by atoms with E-state index in [1.165, 1.54) is 4.90 Å². The number of thioether (sulfide) groups is 1. The Bertz CT molecular complexity index is 465. The molecule has 0 saturated carbocycles. The second-order valence-corrected chi connectivity index (χ2v) is 4.91. The minimum Gasteiger partial charge on any atom is -0.326 e. The highest BCUT2D eigenvalue weighted by molar-refractivity contribution is 7.99. The summed E-state index contributed by atoms with van der Waals surface area (Å²) in [6, 6.07) is 8.30. The summed E-state index contributed by atoms with van der Waals surface area (Å²) in [7, 11) is 0. The fraction of sp³-hybridized carbons (Fsp3) is 0.231. The van der Waals surface area contributed by atoms with Crippen molar-refractivity contribution < 1.29 is 0 Å². The largest absolute Gasteiger partial charge is 0.326 e. The third-order valence-corrected chi connectivity index (χ3v) is 3.26. The minimum atomic E-state index is 0.479. The van der Waals surface area contributed by atoms with Crippen molar-refractivity contribution in [2.24, 2.45) is 5.73 Å². The zero-order valence-corrected chi connectivity index (χ0v) is 10.6. The van der Waals surface area contributed by atoms with Gasteiger partial charge in [0, 0.05) is 35.0 Å². The van der Waals surface area contributed by atoms with Crippen molar-refractivity contribution in [3.05, 3.63) is 42.2 Å². The van der Waals surface area contributed by atoms with E-state index in [1.54, 1.807) is 12.4 Å². The fourth-order valence-electron chi connectivity index (χ4n) is 1.48. The summed E-state index contributed by atoms with van der Waals surface area (Å²) in [6.45, 7) is 2.62. The SMILES string of the molecule is CCSc1ccc(-c2ncc(CN)cn2)cc1. The average Bonchev–Trinajstić information content (AvgIpc) is 2.40. The van der Waals surface area contributed by atoms with Crippen molar-refractivity contribution in [2.45, 2.75) is 18.4 Å². The van der Waals surface area contributed by atoms with E-state index in [2.05, 4.69) is 41.2 Å². The molecule has 0 unspecified atom stereocenters. The lowest BCUT2D eigenvalue weighted by Crippen LogP contribution is -1.98. The maximum absolute atomic E-state index is 5.51. The van der Waals surface area contributed by atoms with E-state index in [1.807, 2.05) is 11.8 Å². The molecule has 2 rings (SSSR count). The lowest BCUT2D eigenvalue weighted by molar-refractivity contribution is 1.01. The Kier molecular flexibility index (Phi) is 4.12. The fourth-order valence-corrected chi connectivity index (χ4v) is 2.14. The highest BCUT2D eigenvalue weighted by atomic mass is 32.2. The van der Waals surface area contributed by atoms with Crippen molar-refractivity contribution in [1.29, 1.82) is 0 Å². The van der Waals surface area contributed by atoms with E-state index in [9.17, 15) is 0 Å². The van der Waals surface area contributed by atoms with Gasteiger partial charge in [-0.1, -0.05) is 19.1 Å². The molecule has 17 heavy (non-hydrogen) atoms. The molecule has 0 bridgehead atoms. The second-order valence-electron chi connectivity index (χ2n) is 3.58. The van der Waals surface area contributed by atoms with Crippen molar-refractivity contribution in [1.82, 2.24) is 9.97 Å². The average molecular weight is 245 g/mol. The standard InChI is InChI=1S/C13H15N3S/c1-2-17-12-5-3-11(4-6-12)13-15-8-10(7-14)9-16-13/h3-6,8-9H,2,7,14H2,1H3. The molecular weight excluding hydrogens is 230 g/mol. The van der Waals surface area contributed by atoms with Gasteiger partial charge in [0.2, 0.25) is 0 Å². The smallest absolute Gasteiger partial charge is 0.159 e. The van der Waals surface area contributed by atoms with Crippen LogP contribution in [-0.2, 0) is 6.54 Å². The summed E-state index contributed by atoms with van der Waals surface area (Å²) in [4.78, 5) is 9.87. The highest BCUT2D eigenvalue weighted by Gasteiger charge is 2.01. The van der Waals surface area contributed by atoms with Crippen LogP contribution < -0.4 is 5.73 Å². The molecule has 1 aromatic heterocycles. The molecule has 0 saturated heterocycles. The Morgan fingerprint density at radius 2 is 1.76 bits per heavy atom. The molecule has 1 aromatic carbocycles. The van der Waals surface area contributed by atoms with E-state index in [0.717, 1.165) is 22.7 Å². The number of benzene rings is 1. The number of hydrogen-bond donors (Lipinski definition) is 1. The van der Waals surface area contributed by atoms with Crippen LogP contribution in [0.3, 0.4) is 0 Å². The Morgan fingerprint density at radius 3 is 2.29 bits per heavy atom. The zero-order chi connectivity index (χ0) is 12.1. The molecule has 0 fully saturated rings. The van der Waals surface area contributed by atoms with Crippen LogP contribution >= 0.6 is 11.8 Å². The second kappa shape index (κ2) is 5.80. The molecule has 3 nitrogen and oxygen atoms in total. The van der Waals surface area contributed by atoms with Gasteiger partial charge in [0.05, 0.1) is 0 Å². The summed E-state index contributed by atoms with van der Waals surface area (Å²) >= 11 is 1.83. The lowest BCUT2D eigenvalue weighted by Gasteiger charge is -2.02. The van der Waals surface area contributed by atoms with Crippen molar-refractivity contribution >= 4 is 11.8 Å².